The third-order valence-electron chi connectivity index (χ3n) is 6.92. The van der Waals surface area contributed by atoms with Crippen LogP contribution in [0.4, 0.5) is 5.69 Å². The first kappa shape index (κ1) is 20.1. The van der Waals surface area contributed by atoms with Crippen molar-refractivity contribution in [3.8, 4) is 0 Å². The van der Waals surface area contributed by atoms with Crippen molar-refractivity contribution in [2.24, 2.45) is 0 Å². The number of benzene rings is 1. The number of carbonyl (C=O) groups is 4. The van der Waals surface area contributed by atoms with E-state index in [-0.39, 0.29) is 18.7 Å². The van der Waals surface area contributed by atoms with Crippen LogP contribution in [0.5, 0.6) is 0 Å². The van der Waals surface area contributed by atoms with Gasteiger partial charge in [0.15, 0.2) is 0 Å². The van der Waals surface area contributed by atoms with Crippen molar-refractivity contribution >= 4 is 29.3 Å². The van der Waals surface area contributed by atoms with Crippen LogP contribution in [0, 0.1) is 0 Å². The summed E-state index contributed by atoms with van der Waals surface area (Å²) in [5.41, 5.74) is 1.50. The van der Waals surface area contributed by atoms with Crippen LogP contribution < -0.4 is 15.5 Å². The van der Waals surface area contributed by atoms with Crippen molar-refractivity contribution in [3.05, 3.63) is 29.3 Å². The molecule has 0 spiro atoms. The number of carbonyl (C=O) groups excluding carboxylic acids is 4. The van der Waals surface area contributed by atoms with Crippen LogP contribution in [0.25, 0.3) is 0 Å². The van der Waals surface area contributed by atoms with E-state index in [0.29, 0.717) is 17.2 Å². The molecule has 164 valence electrons. The molecule has 4 amide bonds. The molecule has 31 heavy (non-hydrogen) atoms. The van der Waals surface area contributed by atoms with Crippen LogP contribution in [-0.2, 0) is 9.59 Å². The number of hydrogen-bond acceptors (Lipinski definition) is 7. The standard InChI is InChI=1S/C22H27N5O4/c28-18-5-4-17(20(29)24-18)27-21(30)15-2-1-3-16(19(15)22(27)31)26-10-6-14(7-11-26)25-12-8-23-9-13-25/h1-3,14,17,23H,4-13H2,(H,24,28,29). The molecule has 1 aromatic carbocycles. The summed E-state index contributed by atoms with van der Waals surface area (Å²) in [6.45, 7) is 5.84. The molecule has 9 nitrogen and oxygen atoms in total. The second kappa shape index (κ2) is 8.05. The van der Waals surface area contributed by atoms with Crippen LogP contribution in [0.2, 0.25) is 0 Å². The number of imide groups is 2. The maximum atomic E-state index is 13.3. The smallest absolute Gasteiger partial charge is 0.264 e. The molecule has 5 rings (SSSR count). The van der Waals surface area contributed by atoms with Gasteiger partial charge in [0.25, 0.3) is 11.8 Å². The van der Waals surface area contributed by atoms with Gasteiger partial charge in [-0.2, -0.15) is 0 Å². The largest absolute Gasteiger partial charge is 0.371 e. The molecule has 0 aromatic heterocycles. The molecular formula is C22H27N5O4. The lowest BCUT2D eigenvalue weighted by molar-refractivity contribution is -0.136. The van der Waals surface area contributed by atoms with Gasteiger partial charge in [0.1, 0.15) is 6.04 Å². The van der Waals surface area contributed by atoms with Crippen LogP contribution in [0.3, 0.4) is 0 Å². The number of rotatable bonds is 3. The number of fused-ring (bicyclic) bond motifs is 1. The van der Waals surface area contributed by atoms with Crippen LogP contribution in [-0.4, -0.2) is 84.8 Å². The average Bonchev–Trinajstić information content (AvgIpc) is 3.05. The molecule has 0 saturated carbocycles. The summed E-state index contributed by atoms with van der Waals surface area (Å²) in [7, 11) is 0. The van der Waals surface area contributed by atoms with Crippen molar-refractivity contribution in [1.29, 1.82) is 0 Å². The van der Waals surface area contributed by atoms with Crippen LogP contribution in [0.15, 0.2) is 18.2 Å². The molecule has 1 unspecified atom stereocenters. The first-order valence-corrected chi connectivity index (χ1v) is 11.1. The molecule has 3 fully saturated rings. The van der Waals surface area contributed by atoms with E-state index in [1.54, 1.807) is 12.1 Å². The van der Waals surface area contributed by atoms with Gasteiger partial charge >= 0.3 is 0 Å². The molecule has 4 aliphatic rings. The first-order chi connectivity index (χ1) is 15.0. The molecule has 0 aliphatic carbocycles. The van der Waals surface area contributed by atoms with Crippen molar-refractivity contribution < 1.29 is 19.2 Å². The zero-order chi connectivity index (χ0) is 21.5. The summed E-state index contributed by atoms with van der Waals surface area (Å²) in [4.78, 5) is 55.9. The Morgan fingerprint density at radius 3 is 2.32 bits per heavy atom. The average molecular weight is 425 g/mol. The second-order valence-corrected chi connectivity index (χ2v) is 8.65. The number of nitrogens with zero attached hydrogens (tertiary/aromatic N) is 3. The zero-order valence-electron chi connectivity index (χ0n) is 17.4. The number of piperazine rings is 1. The van der Waals surface area contributed by atoms with Gasteiger partial charge in [-0.15, -0.1) is 0 Å². The summed E-state index contributed by atoms with van der Waals surface area (Å²) in [6.07, 6.45) is 2.32. The van der Waals surface area contributed by atoms with Gasteiger partial charge < -0.3 is 10.2 Å². The van der Waals surface area contributed by atoms with Gasteiger partial charge in [0, 0.05) is 51.7 Å². The topological polar surface area (TPSA) is 102 Å². The maximum absolute atomic E-state index is 13.3. The van der Waals surface area contributed by atoms with Crippen molar-refractivity contribution in [2.45, 2.75) is 37.8 Å². The molecule has 1 aromatic rings. The molecule has 4 heterocycles. The molecular weight excluding hydrogens is 398 g/mol. The second-order valence-electron chi connectivity index (χ2n) is 8.65. The monoisotopic (exact) mass is 425 g/mol. The lowest BCUT2D eigenvalue weighted by Crippen LogP contribution is -2.54. The van der Waals surface area contributed by atoms with Crippen molar-refractivity contribution in [1.82, 2.24) is 20.4 Å². The van der Waals surface area contributed by atoms with Crippen molar-refractivity contribution in [3.63, 3.8) is 0 Å². The molecule has 4 aliphatic heterocycles. The predicted molar refractivity (Wildman–Crippen MR) is 113 cm³/mol. The number of hydrogen-bond donors (Lipinski definition) is 2. The van der Waals surface area contributed by atoms with Crippen LogP contribution in [0.1, 0.15) is 46.4 Å². The Balaban J connectivity index is 1.35. The van der Waals surface area contributed by atoms with Gasteiger partial charge in [0.2, 0.25) is 11.8 Å². The predicted octanol–water partition coefficient (Wildman–Crippen LogP) is -0.0382. The minimum atomic E-state index is -0.934. The Hall–Kier alpha value is -2.78. The Bertz CT molecular complexity index is 934. The fourth-order valence-corrected chi connectivity index (χ4v) is 5.28. The maximum Gasteiger partial charge on any atom is 0.264 e. The van der Waals surface area contributed by atoms with Gasteiger partial charge in [0.05, 0.1) is 16.8 Å². The first-order valence-electron chi connectivity index (χ1n) is 11.1. The highest BCUT2D eigenvalue weighted by molar-refractivity contribution is 6.25. The van der Waals surface area contributed by atoms with E-state index in [9.17, 15) is 19.2 Å². The highest BCUT2D eigenvalue weighted by atomic mass is 16.2. The molecule has 0 radical (unpaired) electrons. The van der Waals surface area contributed by atoms with E-state index in [1.807, 2.05) is 6.07 Å². The Morgan fingerprint density at radius 1 is 0.871 bits per heavy atom. The zero-order valence-corrected chi connectivity index (χ0v) is 17.4. The minimum Gasteiger partial charge on any atom is -0.371 e. The number of amides is 4. The van der Waals surface area contributed by atoms with E-state index in [2.05, 4.69) is 20.4 Å². The molecule has 3 saturated heterocycles. The lowest BCUT2D eigenvalue weighted by atomic mass is 9.99. The van der Waals surface area contributed by atoms with E-state index >= 15 is 0 Å². The summed E-state index contributed by atoms with van der Waals surface area (Å²) >= 11 is 0. The number of anilines is 1. The molecule has 9 heteroatoms. The third-order valence-corrected chi connectivity index (χ3v) is 6.92. The highest BCUT2D eigenvalue weighted by Crippen LogP contribution is 2.35. The van der Waals surface area contributed by atoms with E-state index in [0.717, 1.165) is 62.7 Å². The van der Waals surface area contributed by atoms with Gasteiger partial charge in [-0.3, -0.25) is 34.3 Å². The summed E-state index contributed by atoms with van der Waals surface area (Å²) in [6, 6.07) is 4.96. The number of piperidine rings is 2. The highest BCUT2D eigenvalue weighted by Gasteiger charge is 2.46. The number of nitrogens with one attached hydrogen (secondary N) is 2. The van der Waals surface area contributed by atoms with Gasteiger partial charge in [-0.1, -0.05) is 6.07 Å². The summed E-state index contributed by atoms with van der Waals surface area (Å²) in [5.74, 6) is -1.84. The fourth-order valence-electron chi connectivity index (χ4n) is 5.28. The normalized spacial score (nSPS) is 25.7. The van der Waals surface area contributed by atoms with E-state index in [4.69, 9.17) is 0 Å². The van der Waals surface area contributed by atoms with Gasteiger partial charge in [-0.25, -0.2) is 0 Å². The summed E-state index contributed by atoms with van der Waals surface area (Å²) in [5, 5.41) is 5.63. The van der Waals surface area contributed by atoms with E-state index in [1.165, 1.54) is 0 Å². The summed E-state index contributed by atoms with van der Waals surface area (Å²) < 4.78 is 0. The third kappa shape index (κ3) is 3.51. The quantitative estimate of drug-likeness (QED) is 0.656. The SMILES string of the molecule is O=C1CCC(N2C(=O)c3cccc(N4CCC(N5CCNCC5)CC4)c3C2=O)C(=O)N1. The molecule has 1 atom stereocenters. The van der Waals surface area contributed by atoms with Crippen molar-refractivity contribution in [2.75, 3.05) is 44.2 Å². The Kier molecular flexibility index (Phi) is 5.23. The van der Waals surface area contributed by atoms with Gasteiger partial charge in [-0.05, 0) is 31.4 Å². The fraction of sp³-hybridized carbons (Fsp3) is 0.545. The lowest BCUT2D eigenvalue weighted by Gasteiger charge is -2.41. The van der Waals surface area contributed by atoms with E-state index < -0.39 is 23.8 Å². The Labute approximate surface area is 180 Å². The molecule has 2 N–H and O–H groups in total. The van der Waals surface area contributed by atoms with Crippen LogP contribution >= 0.6 is 0 Å². The minimum absolute atomic E-state index is 0.121. The molecule has 0 bridgehead atoms. The Morgan fingerprint density at radius 2 is 1.61 bits per heavy atom.